The number of amides is 1. The zero-order chi connectivity index (χ0) is 18.4. The van der Waals surface area contributed by atoms with E-state index in [2.05, 4.69) is 21.7 Å². The summed E-state index contributed by atoms with van der Waals surface area (Å²) in [5.41, 5.74) is 4.56. The monoisotopic (exact) mass is 369 g/mol. The summed E-state index contributed by atoms with van der Waals surface area (Å²) in [4.78, 5) is 16.6. The number of hydrogen-bond donors (Lipinski definition) is 2. The zero-order valence-electron chi connectivity index (χ0n) is 15.0. The van der Waals surface area contributed by atoms with Gasteiger partial charge in [-0.25, -0.2) is 0 Å². The Morgan fingerprint density at radius 3 is 2.85 bits per heavy atom. The lowest BCUT2D eigenvalue weighted by Gasteiger charge is -2.13. The third-order valence-electron chi connectivity index (χ3n) is 4.59. The van der Waals surface area contributed by atoms with Crippen LogP contribution < -0.4 is 10.6 Å². The Kier molecular flexibility index (Phi) is 6.29. The summed E-state index contributed by atoms with van der Waals surface area (Å²) >= 11 is 6.11. The first-order chi connectivity index (χ1) is 12.6. The molecule has 26 heavy (non-hydrogen) atoms. The van der Waals surface area contributed by atoms with Crippen LogP contribution in [0.15, 0.2) is 48.3 Å². The van der Waals surface area contributed by atoms with Gasteiger partial charge in [0.15, 0.2) is 0 Å². The van der Waals surface area contributed by atoms with Crippen LogP contribution in [0, 0.1) is 6.92 Å². The van der Waals surface area contributed by atoms with Crippen LogP contribution in [0.3, 0.4) is 0 Å². The summed E-state index contributed by atoms with van der Waals surface area (Å²) in [6.45, 7) is 2.78. The number of nitrogens with one attached hydrogen (secondary N) is 2. The number of hydrogen-bond acceptors (Lipinski definition) is 3. The van der Waals surface area contributed by atoms with Crippen molar-refractivity contribution < 1.29 is 4.79 Å². The molecule has 1 heterocycles. The first-order valence-electron chi connectivity index (χ1n) is 9.06. The van der Waals surface area contributed by atoms with Gasteiger partial charge in [0.2, 0.25) is 0 Å². The van der Waals surface area contributed by atoms with Gasteiger partial charge in [0, 0.05) is 29.6 Å². The highest BCUT2D eigenvalue weighted by molar-refractivity contribution is 6.31. The molecule has 1 aromatic carbocycles. The molecule has 0 bridgehead atoms. The number of anilines is 2. The lowest BCUT2D eigenvalue weighted by molar-refractivity contribution is 0.102. The number of carbonyl (C=O) groups excluding carboxylic acids is 1. The summed E-state index contributed by atoms with van der Waals surface area (Å²) in [6, 6.07) is 7.30. The number of pyridine rings is 1. The summed E-state index contributed by atoms with van der Waals surface area (Å²) in [5.74, 6) is -0.198. The predicted octanol–water partition coefficient (Wildman–Crippen LogP) is 5.60. The van der Waals surface area contributed by atoms with E-state index >= 15 is 0 Å². The van der Waals surface area contributed by atoms with Gasteiger partial charge in [-0.3, -0.25) is 9.78 Å². The molecule has 0 aliphatic heterocycles. The van der Waals surface area contributed by atoms with Crippen LogP contribution in [0.1, 0.15) is 48.0 Å². The van der Waals surface area contributed by atoms with Gasteiger partial charge in [-0.15, -0.1) is 0 Å². The Morgan fingerprint density at radius 1 is 1.19 bits per heavy atom. The van der Waals surface area contributed by atoms with E-state index in [-0.39, 0.29) is 5.91 Å². The van der Waals surface area contributed by atoms with E-state index in [0.29, 0.717) is 16.3 Å². The fourth-order valence-electron chi connectivity index (χ4n) is 3.03. The second-order valence-corrected chi connectivity index (χ2v) is 7.07. The highest BCUT2D eigenvalue weighted by atomic mass is 35.5. The molecule has 0 atom stereocenters. The highest BCUT2D eigenvalue weighted by Crippen LogP contribution is 2.22. The fraction of sp³-hybridized carbons (Fsp3) is 0.333. The van der Waals surface area contributed by atoms with Crippen molar-refractivity contribution in [3.63, 3.8) is 0 Å². The molecule has 0 unspecified atom stereocenters. The third-order valence-corrected chi connectivity index (χ3v) is 5.00. The van der Waals surface area contributed by atoms with Crippen LogP contribution in [-0.4, -0.2) is 17.4 Å². The molecule has 0 spiro atoms. The Hall–Kier alpha value is -2.33. The Morgan fingerprint density at radius 2 is 2.08 bits per heavy atom. The van der Waals surface area contributed by atoms with E-state index in [9.17, 15) is 4.79 Å². The van der Waals surface area contributed by atoms with Crippen molar-refractivity contribution in [2.24, 2.45) is 0 Å². The molecular formula is C21H24ClN3O. The molecule has 5 heteroatoms. The molecule has 2 N–H and O–H groups in total. The van der Waals surface area contributed by atoms with Crippen molar-refractivity contribution in [3.05, 3.63) is 64.5 Å². The lowest BCUT2D eigenvalue weighted by atomic mass is 9.97. The SMILES string of the molecule is Cc1ccc(NC(=O)c2cncc(NCCC3=CCCCC3)c2)cc1Cl. The second kappa shape index (κ2) is 8.86. The number of rotatable bonds is 6. The van der Waals surface area contributed by atoms with Gasteiger partial charge in [0.05, 0.1) is 11.3 Å². The quantitative estimate of drug-likeness (QED) is 0.652. The van der Waals surface area contributed by atoms with Gasteiger partial charge < -0.3 is 10.6 Å². The van der Waals surface area contributed by atoms with Crippen LogP contribution in [0.4, 0.5) is 11.4 Å². The summed E-state index contributed by atoms with van der Waals surface area (Å²) in [6.07, 6.45) is 11.7. The molecule has 0 saturated heterocycles. The van der Waals surface area contributed by atoms with Gasteiger partial charge in [0.1, 0.15) is 0 Å². The average Bonchev–Trinajstić information content (AvgIpc) is 2.66. The minimum absolute atomic E-state index is 0.198. The Labute approximate surface area is 159 Å². The van der Waals surface area contributed by atoms with Gasteiger partial charge in [-0.2, -0.15) is 0 Å². The molecule has 0 saturated carbocycles. The summed E-state index contributed by atoms with van der Waals surface area (Å²) in [7, 11) is 0. The van der Waals surface area contributed by atoms with Crippen molar-refractivity contribution in [2.45, 2.75) is 39.0 Å². The number of aryl methyl sites for hydroxylation is 1. The number of nitrogens with zero attached hydrogens (tertiary/aromatic N) is 1. The number of allylic oxidation sites excluding steroid dienone is 1. The summed E-state index contributed by atoms with van der Waals surface area (Å²) in [5, 5.41) is 6.86. The van der Waals surface area contributed by atoms with Crippen molar-refractivity contribution in [1.29, 1.82) is 0 Å². The molecule has 1 aliphatic rings. The van der Waals surface area contributed by atoms with E-state index in [4.69, 9.17) is 11.6 Å². The van der Waals surface area contributed by atoms with Crippen LogP contribution in [0.2, 0.25) is 5.02 Å². The van der Waals surface area contributed by atoms with E-state index < -0.39 is 0 Å². The molecule has 4 nitrogen and oxygen atoms in total. The molecular weight excluding hydrogens is 346 g/mol. The largest absolute Gasteiger partial charge is 0.383 e. The second-order valence-electron chi connectivity index (χ2n) is 6.67. The first-order valence-corrected chi connectivity index (χ1v) is 9.44. The van der Waals surface area contributed by atoms with Gasteiger partial charge in [-0.1, -0.05) is 29.3 Å². The molecule has 0 fully saturated rings. The molecule has 1 amide bonds. The molecule has 2 aromatic rings. The van der Waals surface area contributed by atoms with Crippen LogP contribution in [0.5, 0.6) is 0 Å². The smallest absolute Gasteiger partial charge is 0.257 e. The Balaban J connectivity index is 1.58. The van der Waals surface area contributed by atoms with Crippen molar-refractivity contribution in [2.75, 3.05) is 17.2 Å². The van der Waals surface area contributed by atoms with Gasteiger partial charge in [0.25, 0.3) is 5.91 Å². The van der Waals surface area contributed by atoms with Crippen LogP contribution in [0.25, 0.3) is 0 Å². The van der Waals surface area contributed by atoms with E-state index in [1.54, 1.807) is 18.5 Å². The molecule has 136 valence electrons. The number of aromatic nitrogens is 1. The van der Waals surface area contributed by atoms with E-state index in [1.165, 1.54) is 31.3 Å². The fourth-order valence-corrected chi connectivity index (χ4v) is 3.21. The molecule has 0 radical (unpaired) electrons. The summed E-state index contributed by atoms with van der Waals surface area (Å²) < 4.78 is 0. The minimum atomic E-state index is -0.198. The number of carbonyl (C=O) groups is 1. The topological polar surface area (TPSA) is 54.0 Å². The molecule has 1 aromatic heterocycles. The zero-order valence-corrected chi connectivity index (χ0v) is 15.8. The predicted molar refractivity (Wildman–Crippen MR) is 108 cm³/mol. The van der Waals surface area contributed by atoms with E-state index in [1.807, 2.05) is 25.1 Å². The number of benzene rings is 1. The normalized spacial score (nSPS) is 13.8. The van der Waals surface area contributed by atoms with Crippen molar-refractivity contribution >= 4 is 28.9 Å². The number of halogens is 1. The van der Waals surface area contributed by atoms with E-state index in [0.717, 1.165) is 24.2 Å². The maximum absolute atomic E-state index is 12.5. The average molecular weight is 370 g/mol. The maximum atomic E-state index is 12.5. The first kappa shape index (κ1) is 18.5. The highest BCUT2D eigenvalue weighted by Gasteiger charge is 2.09. The molecule has 3 rings (SSSR count). The minimum Gasteiger partial charge on any atom is -0.383 e. The Bertz CT molecular complexity index is 817. The maximum Gasteiger partial charge on any atom is 0.257 e. The van der Waals surface area contributed by atoms with Gasteiger partial charge >= 0.3 is 0 Å². The van der Waals surface area contributed by atoms with Crippen LogP contribution >= 0.6 is 11.6 Å². The molecule has 1 aliphatic carbocycles. The lowest BCUT2D eigenvalue weighted by Crippen LogP contribution is -2.13. The van der Waals surface area contributed by atoms with Crippen molar-refractivity contribution in [3.8, 4) is 0 Å². The standard InChI is InChI=1S/C21H24ClN3O/c1-15-7-8-18(12-20(15)22)25-21(26)17-11-19(14-23-13-17)24-10-9-16-5-3-2-4-6-16/h5,7-8,11-14,24H,2-4,6,9-10H2,1H3,(H,25,26). The third kappa shape index (κ3) is 5.09. The van der Waals surface area contributed by atoms with Crippen molar-refractivity contribution in [1.82, 2.24) is 4.98 Å². The van der Waals surface area contributed by atoms with Gasteiger partial charge in [-0.05, 0) is 62.8 Å². The van der Waals surface area contributed by atoms with Crippen LogP contribution in [-0.2, 0) is 0 Å².